The Hall–Kier alpha value is -0.540. The third kappa shape index (κ3) is 2.58. The third-order valence-corrected chi connectivity index (χ3v) is 3.32. The van der Waals surface area contributed by atoms with E-state index in [-0.39, 0.29) is 5.54 Å². The van der Waals surface area contributed by atoms with Crippen molar-refractivity contribution < 1.29 is 4.74 Å². The number of hydrogen-bond acceptors (Lipinski definition) is 2. The van der Waals surface area contributed by atoms with E-state index in [9.17, 15) is 0 Å². The van der Waals surface area contributed by atoms with Gasteiger partial charge in [0.25, 0.3) is 0 Å². The van der Waals surface area contributed by atoms with Crippen molar-refractivity contribution in [1.29, 1.82) is 0 Å². The fourth-order valence-electron chi connectivity index (χ4n) is 2.08. The third-order valence-electron chi connectivity index (χ3n) is 2.63. The predicted molar refractivity (Wildman–Crippen MR) is 69.9 cm³/mol. The van der Waals surface area contributed by atoms with Crippen LogP contribution in [0.1, 0.15) is 38.8 Å². The number of ether oxygens (including phenoxy) is 1. The summed E-state index contributed by atoms with van der Waals surface area (Å²) in [5, 5.41) is 3.65. The monoisotopic (exact) mass is 283 g/mol. The molecule has 1 atom stereocenters. The van der Waals surface area contributed by atoms with Gasteiger partial charge in [-0.2, -0.15) is 0 Å². The van der Waals surface area contributed by atoms with Gasteiger partial charge in [-0.1, -0.05) is 22.0 Å². The highest BCUT2D eigenvalue weighted by atomic mass is 79.9. The normalized spacial score (nSPS) is 20.1. The van der Waals surface area contributed by atoms with Gasteiger partial charge in [0, 0.05) is 28.0 Å². The largest absolute Gasteiger partial charge is 0.493 e. The van der Waals surface area contributed by atoms with E-state index in [1.807, 2.05) is 12.1 Å². The maximum Gasteiger partial charge on any atom is 0.125 e. The molecule has 1 aromatic carbocycles. The lowest BCUT2D eigenvalue weighted by Gasteiger charge is -2.33. The summed E-state index contributed by atoms with van der Waals surface area (Å²) in [6, 6.07) is 6.50. The van der Waals surface area contributed by atoms with Gasteiger partial charge in [0.2, 0.25) is 0 Å². The minimum absolute atomic E-state index is 0.120. The van der Waals surface area contributed by atoms with Crippen LogP contribution in [0, 0.1) is 0 Å². The first-order valence-corrected chi connectivity index (χ1v) is 6.45. The maximum absolute atomic E-state index is 5.68. The molecule has 0 aliphatic carbocycles. The first-order chi connectivity index (χ1) is 7.47. The highest BCUT2D eigenvalue weighted by Crippen LogP contribution is 2.38. The van der Waals surface area contributed by atoms with Crippen molar-refractivity contribution >= 4 is 15.9 Å². The SMILES string of the molecule is CC(C)(C)NC1CCOc2cccc(Br)c21. The lowest BCUT2D eigenvalue weighted by Crippen LogP contribution is -2.40. The van der Waals surface area contributed by atoms with Crippen LogP contribution >= 0.6 is 15.9 Å². The molecule has 2 rings (SSSR count). The number of benzene rings is 1. The molecular weight excluding hydrogens is 266 g/mol. The first kappa shape index (κ1) is 11.9. The molecule has 0 saturated heterocycles. The summed E-state index contributed by atoms with van der Waals surface area (Å²) in [5.41, 5.74) is 1.37. The van der Waals surface area contributed by atoms with E-state index in [0.29, 0.717) is 6.04 Å². The van der Waals surface area contributed by atoms with Crippen molar-refractivity contribution in [3.63, 3.8) is 0 Å². The Labute approximate surface area is 106 Å². The van der Waals surface area contributed by atoms with E-state index in [4.69, 9.17) is 4.74 Å². The predicted octanol–water partition coefficient (Wildman–Crippen LogP) is 3.66. The molecule has 1 N–H and O–H groups in total. The van der Waals surface area contributed by atoms with Crippen LogP contribution in [-0.4, -0.2) is 12.1 Å². The van der Waals surface area contributed by atoms with Crippen LogP contribution in [-0.2, 0) is 0 Å². The molecule has 0 spiro atoms. The summed E-state index contributed by atoms with van der Waals surface area (Å²) in [5.74, 6) is 1.00. The number of halogens is 1. The fraction of sp³-hybridized carbons (Fsp3) is 0.538. The van der Waals surface area contributed by atoms with Gasteiger partial charge >= 0.3 is 0 Å². The summed E-state index contributed by atoms with van der Waals surface area (Å²) in [6.07, 6.45) is 1.02. The smallest absolute Gasteiger partial charge is 0.125 e. The van der Waals surface area contributed by atoms with Gasteiger partial charge < -0.3 is 10.1 Å². The van der Waals surface area contributed by atoms with Crippen LogP contribution in [0.4, 0.5) is 0 Å². The van der Waals surface area contributed by atoms with Crippen LogP contribution in [0.5, 0.6) is 5.75 Å². The topological polar surface area (TPSA) is 21.3 Å². The molecule has 16 heavy (non-hydrogen) atoms. The minimum atomic E-state index is 0.120. The van der Waals surface area contributed by atoms with Crippen LogP contribution in [0.25, 0.3) is 0 Å². The maximum atomic E-state index is 5.68. The molecule has 0 fully saturated rings. The number of fused-ring (bicyclic) bond motifs is 1. The zero-order valence-electron chi connectivity index (χ0n) is 10.0. The van der Waals surface area contributed by atoms with Crippen LogP contribution in [0.15, 0.2) is 22.7 Å². The van der Waals surface area contributed by atoms with E-state index in [1.165, 1.54) is 5.56 Å². The lowest BCUT2D eigenvalue weighted by atomic mass is 9.97. The Kier molecular flexibility index (Phi) is 3.27. The molecule has 1 heterocycles. The molecule has 2 nitrogen and oxygen atoms in total. The minimum Gasteiger partial charge on any atom is -0.493 e. The second-order valence-corrected chi connectivity index (χ2v) is 6.09. The van der Waals surface area contributed by atoms with E-state index >= 15 is 0 Å². The zero-order valence-corrected chi connectivity index (χ0v) is 11.6. The Morgan fingerprint density at radius 3 is 2.81 bits per heavy atom. The lowest BCUT2D eigenvalue weighted by molar-refractivity contribution is 0.230. The summed E-state index contributed by atoms with van der Waals surface area (Å²) in [7, 11) is 0. The van der Waals surface area contributed by atoms with Gasteiger partial charge in [-0.05, 0) is 32.9 Å². The highest BCUT2D eigenvalue weighted by Gasteiger charge is 2.26. The summed E-state index contributed by atoms with van der Waals surface area (Å²) < 4.78 is 6.81. The molecule has 0 saturated carbocycles. The Balaban J connectivity index is 2.32. The Bertz CT molecular complexity index is 384. The number of nitrogens with one attached hydrogen (secondary N) is 1. The van der Waals surface area contributed by atoms with Gasteiger partial charge in [-0.15, -0.1) is 0 Å². The first-order valence-electron chi connectivity index (χ1n) is 5.66. The number of rotatable bonds is 1. The molecule has 0 amide bonds. The van der Waals surface area contributed by atoms with Gasteiger partial charge in [-0.25, -0.2) is 0 Å². The van der Waals surface area contributed by atoms with Crippen LogP contribution < -0.4 is 10.1 Å². The molecule has 1 aliphatic heterocycles. The van der Waals surface area contributed by atoms with Gasteiger partial charge in [0.15, 0.2) is 0 Å². The standard InChI is InChI=1S/C13H18BrNO/c1-13(2,3)15-10-7-8-16-11-6-4-5-9(14)12(10)11/h4-6,10,15H,7-8H2,1-3H3. The average molecular weight is 284 g/mol. The van der Waals surface area contributed by atoms with Crippen molar-refractivity contribution in [2.45, 2.75) is 38.8 Å². The molecule has 88 valence electrons. The molecule has 3 heteroatoms. The van der Waals surface area contributed by atoms with Gasteiger partial charge in [-0.3, -0.25) is 0 Å². The van der Waals surface area contributed by atoms with E-state index in [0.717, 1.165) is 23.2 Å². The molecule has 1 unspecified atom stereocenters. The Morgan fingerprint density at radius 1 is 1.38 bits per heavy atom. The van der Waals surface area contributed by atoms with Crippen LogP contribution in [0.2, 0.25) is 0 Å². The second kappa shape index (κ2) is 4.38. The Morgan fingerprint density at radius 2 is 2.12 bits per heavy atom. The summed E-state index contributed by atoms with van der Waals surface area (Å²) >= 11 is 3.61. The fourth-order valence-corrected chi connectivity index (χ4v) is 2.70. The van der Waals surface area contributed by atoms with Crippen molar-refractivity contribution in [3.05, 3.63) is 28.2 Å². The van der Waals surface area contributed by atoms with Gasteiger partial charge in [0.05, 0.1) is 6.61 Å². The van der Waals surface area contributed by atoms with E-state index in [1.54, 1.807) is 0 Å². The van der Waals surface area contributed by atoms with Crippen molar-refractivity contribution in [3.8, 4) is 5.75 Å². The molecular formula is C13H18BrNO. The van der Waals surface area contributed by atoms with E-state index in [2.05, 4.69) is 48.1 Å². The highest BCUT2D eigenvalue weighted by molar-refractivity contribution is 9.10. The van der Waals surface area contributed by atoms with Crippen molar-refractivity contribution in [1.82, 2.24) is 5.32 Å². The summed E-state index contributed by atoms with van der Waals surface area (Å²) in [4.78, 5) is 0. The molecule has 1 aliphatic rings. The average Bonchev–Trinajstić information content (AvgIpc) is 2.15. The quantitative estimate of drug-likeness (QED) is 0.849. The summed E-state index contributed by atoms with van der Waals surface area (Å²) in [6.45, 7) is 7.37. The second-order valence-electron chi connectivity index (χ2n) is 5.24. The zero-order chi connectivity index (χ0) is 11.8. The van der Waals surface area contributed by atoms with E-state index < -0.39 is 0 Å². The number of hydrogen-bond donors (Lipinski definition) is 1. The van der Waals surface area contributed by atoms with Gasteiger partial charge in [0.1, 0.15) is 5.75 Å². The van der Waals surface area contributed by atoms with Crippen molar-refractivity contribution in [2.24, 2.45) is 0 Å². The molecule has 0 bridgehead atoms. The molecule has 0 aromatic heterocycles. The van der Waals surface area contributed by atoms with Crippen LogP contribution in [0.3, 0.4) is 0 Å². The molecule has 1 aromatic rings. The van der Waals surface area contributed by atoms with Crippen molar-refractivity contribution in [2.75, 3.05) is 6.61 Å². The molecule has 0 radical (unpaired) electrons.